The first-order valence-corrected chi connectivity index (χ1v) is 6.88. The number of halogens is 2. The third-order valence-corrected chi connectivity index (χ3v) is 4.70. The summed E-state index contributed by atoms with van der Waals surface area (Å²) in [7, 11) is 2.24. The number of aromatic amines is 1. The minimum Gasteiger partial charge on any atom is -0.355 e. The molecule has 1 aromatic heterocycles. The van der Waals surface area contributed by atoms with Crippen molar-refractivity contribution in [1.82, 2.24) is 15.2 Å². The van der Waals surface area contributed by atoms with Crippen LogP contribution in [0.5, 0.6) is 0 Å². The van der Waals surface area contributed by atoms with E-state index in [1.54, 1.807) is 0 Å². The molecule has 3 nitrogen and oxygen atoms in total. The molecule has 0 bridgehead atoms. The first-order chi connectivity index (χ1) is 8.81. The summed E-state index contributed by atoms with van der Waals surface area (Å²) >= 11 is 0. The minimum absolute atomic E-state index is 0. The Kier molecular flexibility index (Phi) is 4.35. The summed E-state index contributed by atoms with van der Waals surface area (Å²) in [6.45, 7) is 2.26. The third kappa shape index (κ3) is 1.96. The molecule has 3 heterocycles. The number of nitrogens with one attached hydrogen (secondary N) is 2. The van der Waals surface area contributed by atoms with Gasteiger partial charge in [0.05, 0.1) is 5.69 Å². The summed E-state index contributed by atoms with van der Waals surface area (Å²) in [5.41, 5.74) is 4.28. The van der Waals surface area contributed by atoms with E-state index in [2.05, 4.69) is 46.5 Å². The van der Waals surface area contributed by atoms with E-state index in [4.69, 9.17) is 0 Å². The molecule has 1 unspecified atom stereocenters. The van der Waals surface area contributed by atoms with Crippen LogP contribution in [-0.2, 0) is 12.1 Å². The maximum atomic E-state index is 3.76. The fraction of sp³-hybridized carbons (Fsp3) is 0.467. The van der Waals surface area contributed by atoms with Gasteiger partial charge in [-0.25, -0.2) is 0 Å². The molecular weight excluding hydrogens is 293 g/mol. The van der Waals surface area contributed by atoms with Gasteiger partial charge in [0.25, 0.3) is 0 Å². The van der Waals surface area contributed by atoms with E-state index in [-0.39, 0.29) is 30.5 Å². The van der Waals surface area contributed by atoms with Crippen LogP contribution in [0.4, 0.5) is 0 Å². The molecule has 0 amide bonds. The molecular formula is C15H21Cl2N3. The van der Waals surface area contributed by atoms with Gasteiger partial charge < -0.3 is 4.98 Å². The van der Waals surface area contributed by atoms with Crippen LogP contribution in [-0.4, -0.2) is 30.0 Å². The number of para-hydroxylation sites is 1. The lowest BCUT2D eigenvalue weighted by Crippen LogP contribution is -2.54. The summed E-state index contributed by atoms with van der Waals surface area (Å²) < 4.78 is 0. The number of rotatable bonds is 0. The van der Waals surface area contributed by atoms with Crippen molar-refractivity contribution < 1.29 is 0 Å². The van der Waals surface area contributed by atoms with Crippen molar-refractivity contribution >= 4 is 35.7 Å². The van der Waals surface area contributed by atoms with Gasteiger partial charge in [-0.2, -0.15) is 0 Å². The van der Waals surface area contributed by atoms with Crippen LogP contribution >= 0.6 is 24.8 Å². The second-order valence-corrected chi connectivity index (χ2v) is 5.59. The molecule has 1 saturated heterocycles. The molecule has 2 aliphatic rings. The quantitative estimate of drug-likeness (QED) is 0.783. The van der Waals surface area contributed by atoms with E-state index in [0.717, 1.165) is 13.0 Å². The summed E-state index contributed by atoms with van der Waals surface area (Å²) in [4.78, 5) is 6.15. The molecule has 2 aliphatic heterocycles. The summed E-state index contributed by atoms with van der Waals surface area (Å²) in [6, 6.07) is 8.70. The number of nitrogens with zero attached hydrogens (tertiary/aromatic N) is 1. The molecule has 4 rings (SSSR count). The third-order valence-electron chi connectivity index (χ3n) is 4.70. The van der Waals surface area contributed by atoms with Crippen LogP contribution in [0.25, 0.3) is 10.9 Å². The van der Waals surface area contributed by atoms with Gasteiger partial charge in [0.1, 0.15) is 5.66 Å². The Morgan fingerprint density at radius 1 is 1.20 bits per heavy atom. The summed E-state index contributed by atoms with van der Waals surface area (Å²) in [5.74, 6) is 0. The second-order valence-electron chi connectivity index (χ2n) is 5.59. The molecule has 5 heteroatoms. The number of hydrogen-bond acceptors (Lipinski definition) is 2. The second kappa shape index (κ2) is 5.57. The Morgan fingerprint density at radius 2 is 2.00 bits per heavy atom. The van der Waals surface area contributed by atoms with Crippen LogP contribution in [0.2, 0.25) is 0 Å². The largest absolute Gasteiger partial charge is 0.355 e. The van der Waals surface area contributed by atoms with Crippen LogP contribution in [0.1, 0.15) is 24.1 Å². The van der Waals surface area contributed by atoms with Gasteiger partial charge in [0.15, 0.2) is 0 Å². The molecule has 110 valence electrons. The lowest BCUT2D eigenvalue weighted by molar-refractivity contribution is 0.115. The minimum atomic E-state index is 0. The molecule has 20 heavy (non-hydrogen) atoms. The normalized spacial score (nSPS) is 25.2. The van der Waals surface area contributed by atoms with Crippen molar-refractivity contribution in [3.8, 4) is 0 Å². The monoisotopic (exact) mass is 313 g/mol. The van der Waals surface area contributed by atoms with Gasteiger partial charge in [-0.3, -0.25) is 10.2 Å². The topological polar surface area (TPSA) is 31.1 Å². The number of H-pyrrole nitrogens is 1. The molecule has 2 N–H and O–H groups in total. The lowest BCUT2D eigenvalue weighted by atomic mass is 9.92. The Labute approximate surface area is 131 Å². The maximum Gasteiger partial charge on any atom is 0.113 e. The van der Waals surface area contributed by atoms with E-state index >= 15 is 0 Å². The van der Waals surface area contributed by atoms with Crippen LogP contribution in [0.3, 0.4) is 0 Å². The standard InChI is InChI=1S/C15H19N3.2ClH/c1-18-10-4-8-15(18)14-12(7-9-16-15)11-5-2-3-6-13(11)17-14;;/h2-3,5-6,16-17H,4,7-10H2,1H3;2*1H. The van der Waals surface area contributed by atoms with E-state index in [9.17, 15) is 0 Å². The van der Waals surface area contributed by atoms with Gasteiger partial charge in [-0.05, 0) is 37.9 Å². The average molecular weight is 314 g/mol. The van der Waals surface area contributed by atoms with Gasteiger partial charge in [0.2, 0.25) is 0 Å². The molecule has 1 spiro atoms. The lowest BCUT2D eigenvalue weighted by Gasteiger charge is -2.40. The number of hydrogen-bond donors (Lipinski definition) is 2. The molecule has 0 aliphatic carbocycles. The Balaban J connectivity index is 0.000000735. The van der Waals surface area contributed by atoms with E-state index < -0.39 is 0 Å². The van der Waals surface area contributed by atoms with E-state index in [1.165, 1.54) is 41.5 Å². The van der Waals surface area contributed by atoms with Crippen LogP contribution in [0, 0.1) is 0 Å². The molecule has 0 radical (unpaired) electrons. The molecule has 0 saturated carbocycles. The van der Waals surface area contributed by atoms with Crippen molar-refractivity contribution in [2.75, 3.05) is 20.1 Å². The van der Waals surface area contributed by atoms with Gasteiger partial charge >= 0.3 is 0 Å². The fourth-order valence-electron chi connectivity index (χ4n) is 3.79. The van der Waals surface area contributed by atoms with Crippen molar-refractivity contribution in [2.45, 2.75) is 24.9 Å². The van der Waals surface area contributed by atoms with Crippen LogP contribution < -0.4 is 5.32 Å². The zero-order chi connectivity index (χ0) is 12.2. The highest BCUT2D eigenvalue weighted by Crippen LogP contribution is 2.41. The van der Waals surface area contributed by atoms with Crippen molar-refractivity contribution in [3.05, 3.63) is 35.5 Å². The first kappa shape index (κ1) is 15.6. The SMILES string of the molecule is CN1CCCC12NCCc1c2[nH]c2ccccc12.Cl.Cl. The maximum absolute atomic E-state index is 3.76. The highest BCUT2D eigenvalue weighted by atomic mass is 35.5. The van der Waals surface area contributed by atoms with Gasteiger partial charge in [-0.15, -0.1) is 24.8 Å². The van der Waals surface area contributed by atoms with Crippen molar-refractivity contribution in [3.63, 3.8) is 0 Å². The number of fused-ring (bicyclic) bond motifs is 4. The van der Waals surface area contributed by atoms with Gasteiger partial charge in [0, 0.05) is 24.0 Å². The van der Waals surface area contributed by atoms with Crippen LogP contribution in [0.15, 0.2) is 24.3 Å². The first-order valence-electron chi connectivity index (χ1n) is 6.88. The van der Waals surface area contributed by atoms with Crippen molar-refractivity contribution in [1.29, 1.82) is 0 Å². The van der Waals surface area contributed by atoms with E-state index in [1.807, 2.05) is 0 Å². The fourth-order valence-corrected chi connectivity index (χ4v) is 3.79. The number of benzene rings is 1. The Bertz CT molecular complexity index is 610. The Hall–Kier alpha value is -0.740. The highest BCUT2D eigenvalue weighted by molar-refractivity contribution is 5.86. The zero-order valence-electron chi connectivity index (χ0n) is 11.6. The molecule has 1 fully saturated rings. The number of aromatic nitrogens is 1. The molecule has 1 aromatic carbocycles. The zero-order valence-corrected chi connectivity index (χ0v) is 13.2. The number of likely N-dealkylation sites (tertiary alicyclic amines) is 1. The van der Waals surface area contributed by atoms with Gasteiger partial charge in [-0.1, -0.05) is 18.2 Å². The molecule has 1 atom stereocenters. The summed E-state index contributed by atoms with van der Waals surface area (Å²) in [6.07, 6.45) is 3.62. The molecule has 2 aromatic rings. The predicted octanol–water partition coefficient (Wildman–Crippen LogP) is 3.04. The smallest absolute Gasteiger partial charge is 0.113 e. The predicted molar refractivity (Wildman–Crippen MR) is 88.0 cm³/mol. The Morgan fingerprint density at radius 3 is 2.75 bits per heavy atom. The van der Waals surface area contributed by atoms with Crippen molar-refractivity contribution in [2.24, 2.45) is 0 Å². The average Bonchev–Trinajstić information content (AvgIpc) is 2.94. The summed E-state index contributed by atoms with van der Waals surface area (Å²) in [5, 5.41) is 5.17. The van der Waals surface area contributed by atoms with E-state index in [0.29, 0.717) is 0 Å². The highest BCUT2D eigenvalue weighted by Gasteiger charge is 2.44.